The Morgan fingerprint density at radius 1 is 0.450 bits per heavy atom. The first-order valence-electron chi connectivity index (χ1n) is 13.9. The van der Waals surface area contributed by atoms with Crippen LogP contribution in [0.2, 0.25) is 0 Å². The van der Waals surface area contributed by atoms with Crippen molar-refractivity contribution in [1.29, 1.82) is 0 Å². The van der Waals surface area contributed by atoms with Gasteiger partial charge in [0.05, 0.1) is 0 Å². The normalized spacial score (nSPS) is 11.8. The summed E-state index contributed by atoms with van der Waals surface area (Å²) in [6.07, 6.45) is 8.58. The van der Waals surface area contributed by atoms with Crippen molar-refractivity contribution in [1.82, 2.24) is 9.97 Å². The average molecular weight is 517 g/mol. The molecule has 0 bridgehead atoms. The van der Waals surface area contributed by atoms with E-state index in [1.165, 1.54) is 50.1 Å². The Bertz CT molecular complexity index is 1590. The number of benzene rings is 4. The smallest absolute Gasteiger partial charge is 0.0346 e. The Labute approximate surface area is 237 Å². The zero-order chi connectivity index (χ0) is 27.3. The van der Waals surface area contributed by atoms with Crippen LogP contribution < -0.4 is 0 Å². The van der Waals surface area contributed by atoms with E-state index in [1.807, 2.05) is 36.9 Å². The van der Waals surface area contributed by atoms with Crippen LogP contribution in [0.5, 0.6) is 0 Å². The van der Waals surface area contributed by atoms with Crippen molar-refractivity contribution in [2.45, 2.75) is 26.2 Å². The summed E-state index contributed by atoms with van der Waals surface area (Å²) in [4.78, 5) is 8.55. The van der Waals surface area contributed by atoms with Crippen molar-refractivity contribution < 1.29 is 0 Å². The fourth-order valence-corrected chi connectivity index (χ4v) is 5.14. The molecular weight excluding hydrogens is 484 g/mol. The summed E-state index contributed by atoms with van der Waals surface area (Å²) in [6, 6.07) is 41.7. The highest BCUT2D eigenvalue weighted by Crippen LogP contribution is 2.35. The monoisotopic (exact) mass is 516 g/mol. The number of aromatic nitrogens is 2. The summed E-state index contributed by atoms with van der Waals surface area (Å²) in [7, 11) is 0. The van der Waals surface area contributed by atoms with Crippen molar-refractivity contribution >= 4 is 0 Å². The van der Waals surface area contributed by atoms with E-state index in [0.717, 1.165) is 17.5 Å². The molecule has 40 heavy (non-hydrogen) atoms. The quantitative estimate of drug-likeness (QED) is 0.211. The van der Waals surface area contributed by atoms with Crippen LogP contribution in [0.1, 0.15) is 31.7 Å². The summed E-state index contributed by atoms with van der Waals surface area (Å²) in [6.45, 7) is 4.53. The van der Waals surface area contributed by atoms with Crippen LogP contribution in [0.15, 0.2) is 140 Å². The van der Waals surface area contributed by atoms with Crippen molar-refractivity contribution in [2.24, 2.45) is 0 Å². The van der Waals surface area contributed by atoms with Gasteiger partial charge in [0.15, 0.2) is 0 Å². The lowest BCUT2D eigenvalue weighted by Crippen LogP contribution is -1.91. The van der Waals surface area contributed by atoms with Gasteiger partial charge in [-0.1, -0.05) is 98.8 Å². The number of nitrogens with zero attached hydrogens (tertiary/aromatic N) is 2. The molecule has 2 heteroatoms. The molecule has 6 aromatic rings. The molecule has 0 aliphatic carbocycles. The molecule has 1 unspecified atom stereocenters. The highest BCUT2D eigenvalue weighted by Gasteiger charge is 2.10. The highest BCUT2D eigenvalue weighted by molar-refractivity contribution is 5.82. The largest absolute Gasteiger partial charge is 0.264 e. The van der Waals surface area contributed by atoms with Crippen LogP contribution in [0.25, 0.3) is 55.6 Å². The second kappa shape index (κ2) is 11.5. The van der Waals surface area contributed by atoms with Gasteiger partial charge in [-0.15, -0.1) is 0 Å². The maximum atomic E-state index is 4.28. The molecule has 4 aromatic carbocycles. The maximum Gasteiger partial charge on any atom is 0.0346 e. The van der Waals surface area contributed by atoms with Crippen LogP contribution >= 0.6 is 0 Å². The Morgan fingerprint density at radius 3 is 1.12 bits per heavy atom. The predicted molar refractivity (Wildman–Crippen MR) is 168 cm³/mol. The van der Waals surface area contributed by atoms with Gasteiger partial charge in [0.25, 0.3) is 0 Å². The molecular formula is C38H32N2. The second-order valence-electron chi connectivity index (χ2n) is 10.4. The third kappa shape index (κ3) is 5.48. The third-order valence-electron chi connectivity index (χ3n) is 7.78. The predicted octanol–water partition coefficient (Wildman–Crippen LogP) is 10.3. The SMILES string of the molecule is CCC(C)c1ccc(-c2cc(-c3ccc(-c4cccnc4)cc3)cc(-c3ccc(-c4cccnc4)cc3)c2)cc1. The molecule has 0 amide bonds. The van der Waals surface area contributed by atoms with E-state index in [1.54, 1.807) is 0 Å². The minimum atomic E-state index is 0.563. The zero-order valence-corrected chi connectivity index (χ0v) is 23.0. The van der Waals surface area contributed by atoms with Crippen molar-refractivity contribution in [3.8, 4) is 55.6 Å². The number of hydrogen-bond donors (Lipinski definition) is 0. The van der Waals surface area contributed by atoms with Crippen LogP contribution in [-0.2, 0) is 0 Å². The minimum absolute atomic E-state index is 0.563. The Hall–Kier alpha value is -4.82. The molecule has 0 aliphatic rings. The lowest BCUT2D eigenvalue weighted by molar-refractivity contribution is 0.734. The maximum absolute atomic E-state index is 4.28. The average Bonchev–Trinajstić information content (AvgIpc) is 3.05. The van der Waals surface area contributed by atoms with Crippen molar-refractivity contribution in [3.05, 3.63) is 146 Å². The molecule has 0 radical (unpaired) electrons. The van der Waals surface area contributed by atoms with Gasteiger partial charge in [-0.25, -0.2) is 0 Å². The molecule has 0 spiro atoms. The van der Waals surface area contributed by atoms with Gasteiger partial charge in [0, 0.05) is 24.8 Å². The molecule has 194 valence electrons. The van der Waals surface area contributed by atoms with Gasteiger partial charge in [-0.05, 0) is 104 Å². The van der Waals surface area contributed by atoms with Crippen molar-refractivity contribution in [3.63, 3.8) is 0 Å². The summed E-state index contributed by atoms with van der Waals surface area (Å²) < 4.78 is 0. The van der Waals surface area contributed by atoms with Gasteiger partial charge in [0.2, 0.25) is 0 Å². The lowest BCUT2D eigenvalue weighted by Gasteiger charge is -2.14. The first-order chi connectivity index (χ1) is 19.7. The molecule has 0 fully saturated rings. The van der Waals surface area contributed by atoms with E-state index in [4.69, 9.17) is 0 Å². The topological polar surface area (TPSA) is 25.8 Å². The molecule has 1 atom stereocenters. The van der Waals surface area contributed by atoms with Gasteiger partial charge < -0.3 is 0 Å². The fraction of sp³-hybridized carbons (Fsp3) is 0.105. The minimum Gasteiger partial charge on any atom is -0.264 e. The first kappa shape index (κ1) is 25.5. The summed E-state index contributed by atoms with van der Waals surface area (Å²) in [5.74, 6) is 0.563. The van der Waals surface area contributed by atoms with Gasteiger partial charge in [-0.3, -0.25) is 9.97 Å². The zero-order valence-electron chi connectivity index (χ0n) is 23.0. The molecule has 0 saturated carbocycles. The Balaban J connectivity index is 1.41. The van der Waals surface area contributed by atoms with Crippen LogP contribution in [-0.4, -0.2) is 9.97 Å². The van der Waals surface area contributed by atoms with Crippen LogP contribution in [0.3, 0.4) is 0 Å². The Kier molecular flexibility index (Phi) is 7.32. The highest BCUT2D eigenvalue weighted by atomic mass is 14.6. The van der Waals surface area contributed by atoms with E-state index in [2.05, 4.69) is 127 Å². The summed E-state index contributed by atoms with van der Waals surface area (Å²) >= 11 is 0. The summed E-state index contributed by atoms with van der Waals surface area (Å²) in [5.41, 5.74) is 13.2. The number of hydrogen-bond acceptors (Lipinski definition) is 2. The van der Waals surface area contributed by atoms with Crippen molar-refractivity contribution in [2.75, 3.05) is 0 Å². The van der Waals surface area contributed by atoms with E-state index >= 15 is 0 Å². The Morgan fingerprint density at radius 2 is 0.800 bits per heavy atom. The van der Waals surface area contributed by atoms with Gasteiger partial charge in [-0.2, -0.15) is 0 Å². The summed E-state index contributed by atoms with van der Waals surface area (Å²) in [5, 5.41) is 0. The van der Waals surface area contributed by atoms with E-state index in [-0.39, 0.29) is 0 Å². The van der Waals surface area contributed by atoms with E-state index in [0.29, 0.717) is 5.92 Å². The molecule has 0 aliphatic heterocycles. The molecule has 0 saturated heterocycles. The second-order valence-corrected chi connectivity index (χ2v) is 10.4. The first-order valence-corrected chi connectivity index (χ1v) is 13.9. The van der Waals surface area contributed by atoms with Crippen LogP contribution in [0, 0.1) is 0 Å². The lowest BCUT2D eigenvalue weighted by atomic mass is 9.91. The van der Waals surface area contributed by atoms with E-state index < -0.39 is 0 Å². The molecule has 2 heterocycles. The standard InChI is InChI=1S/C38H32N2/c1-3-27(2)28-8-10-31(11-9-28)36-22-37(32-16-12-29(13-17-32)34-6-4-20-39-25-34)24-38(23-36)33-18-14-30(15-19-33)35-7-5-21-40-26-35/h4-27H,3H2,1-2H3. The third-order valence-corrected chi connectivity index (χ3v) is 7.78. The fourth-order valence-electron chi connectivity index (χ4n) is 5.14. The molecule has 2 nitrogen and oxygen atoms in total. The van der Waals surface area contributed by atoms with Crippen LogP contribution in [0.4, 0.5) is 0 Å². The molecule has 2 aromatic heterocycles. The molecule has 0 N–H and O–H groups in total. The van der Waals surface area contributed by atoms with Gasteiger partial charge >= 0.3 is 0 Å². The molecule has 6 rings (SSSR count). The van der Waals surface area contributed by atoms with Gasteiger partial charge in [0.1, 0.15) is 0 Å². The number of rotatable bonds is 7. The number of pyridine rings is 2. The van der Waals surface area contributed by atoms with E-state index in [9.17, 15) is 0 Å².